The van der Waals surface area contributed by atoms with Crippen LogP contribution in [0.25, 0.3) is 0 Å². The fourth-order valence-corrected chi connectivity index (χ4v) is 6.55. The van der Waals surface area contributed by atoms with Crippen molar-refractivity contribution >= 4 is 20.0 Å². The van der Waals surface area contributed by atoms with Crippen LogP contribution in [0.4, 0.5) is 0 Å². The van der Waals surface area contributed by atoms with E-state index in [1.807, 2.05) is 13.8 Å². The predicted molar refractivity (Wildman–Crippen MR) is 115 cm³/mol. The van der Waals surface area contributed by atoms with E-state index < -0.39 is 20.0 Å². The van der Waals surface area contributed by atoms with Gasteiger partial charge in [0, 0.05) is 6.54 Å². The molecule has 0 aliphatic carbocycles. The zero-order valence-corrected chi connectivity index (χ0v) is 18.3. The highest BCUT2D eigenvalue weighted by molar-refractivity contribution is 8.04. The maximum Gasteiger partial charge on any atom is 0.256 e. The molecule has 0 atom stereocenters. The van der Waals surface area contributed by atoms with Gasteiger partial charge in [0.1, 0.15) is 5.75 Å². The first-order valence-electron chi connectivity index (χ1n) is 9.30. The molecule has 3 aromatic carbocycles. The SMILES string of the molecule is Cc1ccc(S(=O)(=O)N(CCc2ccc(O)cc2)S(=O)(=O)c2ccc(C)cc2)cc1. The van der Waals surface area contributed by atoms with Crippen molar-refractivity contribution < 1.29 is 21.9 Å². The van der Waals surface area contributed by atoms with Gasteiger partial charge in [0.25, 0.3) is 20.0 Å². The lowest BCUT2D eigenvalue weighted by Gasteiger charge is -2.22. The van der Waals surface area contributed by atoms with Gasteiger partial charge in [-0.05, 0) is 62.2 Å². The van der Waals surface area contributed by atoms with Crippen LogP contribution in [0.5, 0.6) is 5.75 Å². The lowest BCUT2D eigenvalue weighted by Crippen LogP contribution is -2.38. The summed E-state index contributed by atoms with van der Waals surface area (Å²) in [6, 6.07) is 18.3. The molecular formula is C22H23NO5S2. The van der Waals surface area contributed by atoms with Crippen LogP contribution in [0.15, 0.2) is 82.6 Å². The molecular weight excluding hydrogens is 422 g/mol. The Morgan fingerprint density at radius 1 is 0.667 bits per heavy atom. The number of hydrogen-bond donors (Lipinski definition) is 1. The second-order valence-corrected chi connectivity index (χ2v) is 11.0. The van der Waals surface area contributed by atoms with Gasteiger partial charge in [-0.25, -0.2) is 16.8 Å². The number of aromatic hydroxyl groups is 1. The molecule has 0 saturated heterocycles. The van der Waals surface area contributed by atoms with E-state index in [0.717, 1.165) is 11.1 Å². The van der Waals surface area contributed by atoms with Crippen LogP contribution in [0.1, 0.15) is 16.7 Å². The molecule has 0 heterocycles. The molecule has 0 saturated carbocycles. The zero-order valence-electron chi connectivity index (χ0n) is 16.7. The van der Waals surface area contributed by atoms with E-state index in [4.69, 9.17) is 0 Å². The number of sulfonamides is 2. The maximum atomic E-state index is 13.3. The third-order valence-corrected chi connectivity index (χ3v) is 9.04. The summed E-state index contributed by atoms with van der Waals surface area (Å²) in [6.07, 6.45) is 0.163. The highest BCUT2D eigenvalue weighted by Gasteiger charge is 2.36. The highest BCUT2D eigenvalue weighted by Crippen LogP contribution is 2.25. The molecule has 8 heteroatoms. The lowest BCUT2D eigenvalue weighted by atomic mass is 10.1. The van der Waals surface area contributed by atoms with Gasteiger partial charge < -0.3 is 5.11 Å². The minimum absolute atomic E-state index is 0.0789. The first-order chi connectivity index (χ1) is 14.1. The Kier molecular flexibility index (Phi) is 6.30. The summed E-state index contributed by atoms with van der Waals surface area (Å²) < 4.78 is 53.8. The number of phenols is 1. The number of phenolic OH excluding ortho intramolecular Hbond substituents is 1. The maximum absolute atomic E-state index is 13.3. The van der Waals surface area contributed by atoms with Gasteiger partial charge in [-0.15, -0.1) is 0 Å². The van der Waals surface area contributed by atoms with Gasteiger partial charge in [0.2, 0.25) is 0 Å². The Hall–Kier alpha value is -2.68. The topological polar surface area (TPSA) is 91.8 Å². The molecule has 6 nitrogen and oxygen atoms in total. The molecule has 1 N–H and O–H groups in total. The summed E-state index contributed by atoms with van der Waals surface area (Å²) in [7, 11) is -8.63. The fraction of sp³-hybridized carbons (Fsp3) is 0.182. The van der Waals surface area contributed by atoms with E-state index >= 15 is 0 Å². The molecule has 30 heavy (non-hydrogen) atoms. The van der Waals surface area contributed by atoms with E-state index in [0.29, 0.717) is 9.27 Å². The zero-order chi connectivity index (χ0) is 21.9. The molecule has 0 amide bonds. The van der Waals surface area contributed by atoms with Crippen LogP contribution >= 0.6 is 0 Å². The summed E-state index contributed by atoms with van der Waals surface area (Å²) in [6.45, 7) is 3.38. The Morgan fingerprint density at radius 2 is 1.07 bits per heavy atom. The Morgan fingerprint density at radius 3 is 1.47 bits per heavy atom. The number of aryl methyl sites for hydroxylation is 2. The average Bonchev–Trinajstić information content (AvgIpc) is 2.70. The van der Waals surface area contributed by atoms with Crippen molar-refractivity contribution in [2.24, 2.45) is 0 Å². The van der Waals surface area contributed by atoms with Gasteiger partial charge in [-0.2, -0.15) is 0 Å². The van der Waals surface area contributed by atoms with Crippen LogP contribution in [-0.4, -0.2) is 32.2 Å². The summed E-state index contributed by atoms with van der Waals surface area (Å²) in [5.41, 5.74) is 2.44. The molecule has 0 bridgehead atoms. The minimum atomic E-state index is -4.32. The van der Waals surface area contributed by atoms with Crippen molar-refractivity contribution in [1.82, 2.24) is 3.71 Å². The lowest BCUT2D eigenvalue weighted by molar-refractivity contribution is 0.474. The third-order valence-electron chi connectivity index (χ3n) is 4.69. The Labute approximate surface area is 177 Å². The standard InChI is InChI=1S/C22H23NO5S2/c1-17-3-11-21(12-4-17)29(25,26)23(16-15-19-7-9-20(24)10-8-19)30(27,28)22-13-5-18(2)6-14-22/h3-14,24H,15-16H2,1-2H3. The Bertz CT molecular complexity index is 1140. The second-order valence-electron chi connectivity index (χ2n) is 7.05. The predicted octanol–water partition coefficient (Wildman–Crippen LogP) is 3.63. The smallest absolute Gasteiger partial charge is 0.256 e. The summed E-state index contributed by atoms with van der Waals surface area (Å²) in [4.78, 5) is -0.177. The van der Waals surface area contributed by atoms with Crippen LogP contribution in [0.3, 0.4) is 0 Å². The van der Waals surface area contributed by atoms with Crippen molar-refractivity contribution in [2.45, 2.75) is 30.1 Å². The molecule has 0 radical (unpaired) electrons. The normalized spacial score (nSPS) is 12.2. The van der Waals surface area contributed by atoms with Crippen LogP contribution < -0.4 is 0 Å². The average molecular weight is 446 g/mol. The van der Waals surface area contributed by atoms with E-state index in [9.17, 15) is 21.9 Å². The largest absolute Gasteiger partial charge is 0.508 e. The second kappa shape index (κ2) is 8.59. The highest BCUT2D eigenvalue weighted by atomic mass is 32.3. The summed E-state index contributed by atoms with van der Waals surface area (Å²) in [5, 5.41) is 9.43. The fourth-order valence-electron chi connectivity index (χ4n) is 2.91. The number of rotatable bonds is 7. The molecule has 0 aliphatic heterocycles. The van der Waals surface area contributed by atoms with E-state index in [1.165, 1.54) is 36.4 Å². The van der Waals surface area contributed by atoms with Crippen LogP contribution in [0.2, 0.25) is 0 Å². The van der Waals surface area contributed by atoms with E-state index in [-0.39, 0.29) is 28.5 Å². The molecule has 3 aromatic rings. The molecule has 0 aromatic heterocycles. The molecule has 0 unspecified atom stereocenters. The third kappa shape index (κ3) is 4.72. The molecule has 0 spiro atoms. The molecule has 3 rings (SSSR count). The molecule has 158 valence electrons. The quantitative estimate of drug-likeness (QED) is 0.600. The van der Waals surface area contributed by atoms with Gasteiger partial charge >= 0.3 is 0 Å². The minimum Gasteiger partial charge on any atom is -0.508 e. The monoisotopic (exact) mass is 445 g/mol. The van der Waals surface area contributed by atoms with Gasteiger partial charge in [0.15, 0.2) is 0 Å². The number of benzene rings is 3. The number of hydrogen-bond acceptors (Lipinski definition) is 5. The number of nitrogens with zero attached hydrogens (tertiary/aromatic N) is 1. The molecule has 0 aliphatic rings. The van der Waals surface area contributed by atoms with Crippen molar-refractivity contribution in [3.63, 3.8) is 0 Å². The van der Waals surface area contributed by atoms with E-state index in [1.54, 1.807) is 36.4 Å². The first-order valence-corrected chi connectivity index (χ1v) is 12.2. The Balaban J connectivity index is 2.04. The van der Waals surface area contributed by atoms with Gasteiger partial charge in [-0.3, -0.25) is 0 Å². The molecule has 0 fully saturated rings. The van der Waals surface area contributed by atoms with Gasteiger partial charge in [-0.1, -0.05) is 51.2 Å². The van der Waals surface area contributed by atoms with Crippen molar-refractivity contribution in [1.29, 1.82) is 0 Å². The first kappa shape index (κ1) is 22.0. The van der Waals surface area contributed by atoms with Crippen molar-refractivity contribution in [3.8, 4) is 5.75 Å². The van der Waals surface area contributed by atoms with Crippen LogP contribution in [0, 0.1) is 13.8 Å². The van der Waals surface area contributed by atoms with E-state index in [2.05, 4.69) is 0 Å². The van der Waals surface area contributed by atoms with Gasteiger partial charge in [0.05, 0.1) is 9.79 Å². The van der Waals surface area contributed by atoms with Crippen LogP contribution in [-0.2, 0) is 26.5 Å². The summed E-state index contributed by atoms with van der Waals surface area (Å²) in [5.74, 6) is 0.0789. The van der Waals surface area contributed by atoms with Crippen molar-refractivity contribution in [2.75, 3.05) is 6.54 Å². The van der Waals surface area contributed by atoms with Crippen molar-refractivity contribution in [3.05, 3.63) is 89.5 Å². The summed E-state index contributed by atoms with van der Waals surface area (Å²) >= 11 is 0.